The SMILES string of the molecule is O=C(O)c1cccc(N2C(=O)NC(=O)C2c2ccccc2)c1. The summed E-state index contributed by atoms with van der Waals surface area (Å²) in [6.45, 7) is 0. The molecule has 110 valence electrons. The molecule has 2 aromatic carbocycles. The maximum absolute atomic E-state index is 12.1. The van der Waals surface area contributed by atoms with Gasteiger partial charge < -0.3 is 5.11 Å². The van der Waals surface area contributed by atoms with Crippen LogP contribution in [0.25, 0.3) is 0 Å². The minimum absolute atomic E-state index is 0.0523. The Labute approximate surface area is 126 Å². The Kier molecular flexibility index (Phi) is 3.34. The Bertz CT molecular complexity index is 758. The number of benzene rings is 2. The predicted molar refractivity (Wildman–Crippen MR) is 78.6 cm³/mol. The van der Waals surface area contributed by atoms with Crippen molar-refractivity contribution in [3.63, 3.8) is 0 Å². The highest BCUT2D eigenvalue weighted by Gasteiger charge is 2.40. The third-order valence-electron chi connectivity index (χ3n) is 3.44. The molecule has 2 aromatic rings. The van der Waals surface area contributed by atoms with Crippen LogP contribution in [0.15, 0.2) is 54.6 Å². The van der Waals surface area contributed by atoms with E-state index in [2.05, 4.69) is 5.32 Å². The molecule has 1 aliphatic rings. The smallest absolute Gasteiger partial charge is 0.335 e. The van der Waals surface area contributed by atoms with Gasteiger partial charge in [-0.15, -0.1) is 0 Å². The van der Waals surface area contributed by atoms with E-state index in [9.17, 15) is 14.4 Å². The molecule has 0 bridgehead atoms. The first kappa shape index (κ1) is 13.8. The molecule has 0 radical (unpaired) electrons. The molecule has 0 aliphatic carbocycles. The second-order valence-corrected chi connectivity index (χ2v) is 4.83. The van der Waals surface area contributed by atoms with Crippen molar-refractivity contribution < 1.29 is 19.5 Å². The van der Waals surface area contributed by atoms with E-state index in [0.29, 0.717) is 11.3 Å². The number of hydrogen-bond donors (Lipinski definition) is 2. The predicted octanol–water partition coefficient (Wildman–Crippen LogP) is 2.18. The van der Waals surface area contributed by atoms with Gasteiger partial charge in [0.15, 0.2) is 0 Å². The van der Waals surface area contributed by atoms with Crippen LogP contribution in [0.1, 0.15) is 22.0 Å². The summed E-state index contributed by atoms with van der Waals surface area (Å²) in [5.74, 6) is -1.53. The van der Waals surface area contributed by atoms with E-state index in [1.807, 2.05) is 6.07 Å². The number of anilines is 1. The molecule has 0 saturated carbocycles. The molecule has 3 rings (SSSR count). The van der Waals surface area contributed by atoms with E-state index in [1.165, 1.54) is 23.1 Å². The molecule has 1 fully saturated rings. The Balaban J connectivity index is 2.07. The monoisotopic (exact) mass is 296 g/mol. The molecule has 1 heterocycles. The number of nitrogens with zero attached hydrogens (tertiary/aromatic N) is 1. The van der Waals surface area contributed by atoms with E-state index < -0.39 is 23.9 Å². The van der Waals surface area contributed by atoms with Crippen LogP contribution in [0.2, 0.25) is 0 Å². The molecule has 3 amide bonds. The molecular weight excluding hydrogens is 284 g/mol. The number of imide groups is 1. The molecular formula is C16H12N2O4. The second kappa shape index (κ2) is 5.33. The van der Waals surface area contributed by atoms with Crippen molar-refractivity contribution in [2.45, 2.75) is 6.04 Å². The lowest BCUT2D eigenvalue weighted by molar-refractivity contribution is -0.119. The van der Waals surface area contributed by atoms with E-state index >= 15 is 0 Å². The number of hydrogen-bond acceptors (Lipinski definition) is 3. The van der Waals surface area contributed by atoms with Crippen LogP contribution in [0.3, 0.4) is 0 Å². The zero-order chi connectivity index (χ0) is 15.7. The highest BCUT2D eigenvalue weighted by Crippen LogP contribution is 2.31. The van der Waals surface area contributed by atoms with E-state index in [-0.39, 0.29) is 5.56 Å². The number of nitrogens with one attached hydrogen (secondary N) is 1. The van der Waals surface area contributed by atoms with Crippen molar-refractivity contribution in [3.05, 3.63) is 65.7 Å². The van der Waals surface area contributed by atoms with Gasteiger partial charge in [0.25, 0.3) is 5.91 Å². The van der Waals surface area contributed by atoms with Gasteiger partial charge in [0.1, 0.15) is 6.04 Å². The zero-order valence-electron chi connectivity index (χ0n) is 11.4. The first-order valence-corrected chi connectivity index (χ1v) is 6.60. The maximum Gasteiger partial charge on any atom is 0.335 e. The number of amides is 3. The quantitative estimate of drug-likeness (QED) is 0.850. The first-order valence-electron chi connectivity index (χ1n) is 6.60. The maximum atomic E-state index is 12.1. The lowest BCUT2D eigenvalue weighted by Gasteiger charge is -2.22. The minimum atomic E-state index is -1.09. The number of rotatable bonds is 3. The van der Waals surface area contributed by atoms with Crippen LogP contribution < -0.4 is 10.2 Å². The summed E-state index contributed by atoms with van der Waals surface area (Å²) in [5, 5.41) is 11.3. The minimum Gasteiger partial charge on any atom is -0.478 e. The van der Waals surface area contributed by atoms with Crippen LogP contribution >= 0.6 is 0 Å². The third kappa shape index (κ3) is 2.31. The van der Waals surface area contributed by atoms with Gasteiger partial charge in [0, 0.05) is 5.69 Å². The fraction of sp³-hybridized carbons (Fsp3) is 0.0625. The molecule has 1 aliphatic heterocycles. The Morgan fingerprint density at radius 1 is 1.05 bits per heavy atom. The van der Waals surface area contributed by atoms with Crippen LogP contribution in [0.5, 0.6) is 0 Å². The normalized spacial score (nSPS) is 17.5. The van der Waals surface area contributed by atoms with Crippen molar-refractivity contribution in [2.75, 3.05) is 4.90 Å². The van der Waals surface area contributed by atoms with E-state index in [1.54, 1.807) is 30.3 Å². The molecule has 6 heteroatoms. The molecule has 1 atom stereocenters. The average molecular weight is 296 g/mol. The molecule has 22 heavy (non-hydrogen) atoms. The van der Waals surface area contributed by atoms with E-state index in [0.717, 1.165) is 0 Å². The lowest BCUT2D eigenvalue weighted by Crippen LogP contribution is -2.29. The lowest BCUT2D eigenvalue weighted by atomic mass is 10.0. The van der Waals surface area contributed by atoms with Gasteiger partial charge in [0.2, 0.25) is 0 Å². The molecule has 6 nitrogen and oxygen atoms in total. The van der Waals surface area contributed by atoms with Crippen molar-refractivity contribution >= 4 is 23.6 Å². The molecule has 0 spiro atoms. The van der Waals surface area contributed by atoms with Crippen LogP contribution in [-0.4, -0.2) is 23.0 Å². The highest BCUT2D eigenvalue weighted by atomic mass is 16.4. The largest absolute Gasteiger partial charge is 0.478 e. The molecule has 1 unspecified atom stereocenters. The fourth-order valence-electron chi connectivity index (χ4n) is 2.46. The summed E-state index contributed by atoms with van der Waals surface area (Å²) in [7, 11) is 0. The van der Waals surface area contributed by atoms with Gasteiger partial charge in [-0.3, -0.25) is 15.0 Å². The third-order valence-corrected chi connectivity index (χ3v) is 3.44. The van der Waals surface area contributed by atoms with Crippen molar-refractivity contribution in [1.29, 1.82) is 0 Å². The van der Waals surface area contributed by atoms with Gasteiger partial charge in [-0.25, -0.2) is 9.59 Å². The highest BCUT2D eigenvalue weighted by molar-refractivity contribution is 6.14. The Hall–Kier alpha value is -3.15. The second-order valence-electron chi connectivity index (χ2n) is 4.83. The van der Waals surface area contributed by atoms with Gasteiger partial charge in [-0.1, -0.05) is 36.4 Å². The summed E-state index contributed by atoms with van der Waals surface area (Å²) >= 11 is 0. The first-order chi connectivity index (χ1) is 10.6. The number of carbonyl (C=O) groups excluding carboxylic acids is 2. The summed E-state index contributed by atoms with van der Waals surface area (Å²) < 4.78 is 0. The number of carbonyl (C=O) groups is 3. The number of urea groups is 1. The summed E-state index contributed by atoms with van der Waals surface area (Å²) in [5.41, 5.74) is 1.07. The Morgan fingerprint density at radius 3 is 2.45 bits per heavy atom. The summed E-state index contributed by atoms with van der Waals surface area (Å²) in [6, 6.07) is 13.4. The van der Waals surface area contributed by atoms with Crippen LogP contribution in [-0.2, 0) is 4.79 Å². The number of carboxylic acids is 1. The van der Waals surface area contributed by atoms with Gasteiger partial charge >= 0.3 is 12.0 Å². The molecule has 0 aromatic heterocycles. The average Bonchev–Trinajstić information content (AvgIpc) is 2.82. The number of carboxylic acid groups (broad SMARTS) is 1. The molecule has 2 N–H and O–H groups in total. The van der Waals surface area contributed by atoms with Gasteiger partial charge in [0.05, 0.1) is 5.56 Å². The summed E-state index contributed by atoms with van der Waals surface area (Å²) in [4.78, 5) is 36.5. The van der Waals surface area contributed by atoms with Crippen molar-refractivity contribution in [3.8, 4) is 0 Å². The van der Waals surface area contributed by atoms with Crippen LogP contribution in [0.4, 0.5) is 10.5 Å². The van der Waals surface area contributed by atoms with Gasteiger partial charge in [-0.05, 0) is 23.8 Å². The fourth-order valence-corrected chi connectivity index (χ4v) is 2.46. The van der Waals surface area contributed by atoms with E-state index in [4.69, 9.17) is 5.11 Å². The molecule has 1 saturated heterocycles. The van der Waals surface area contributed by atoms with Gasteiger partial charge in [-0.2, -0.15) is 0 Å². The number of aromatic carboxylic acids is 1. The zero-order valence-corrected chi connectivity index (χ0v) is 11.4. The topological polar surface area (TPSA) is 86.7 Å². The Morgan fingerprint density at radius 2 is 1.77 bits per heavy atom. The standard InChI is InChI=1S/C16H12N2O4/c19-14-13(10-5-2-1-3-6-10)18(16(22)17-14)12-8-4-7-11(9-12)15(20)21/h1-9,13H,(H,20,21)(H,17,19,22). The van der Waals surface area contributed by atoms with Crippen LogP contribution in [0, 0.1) is 0 Å². The summed E-state index contributed by atoms with van der Waals surface area (Å²) in [6.07, 6.45) is 0. The van der Waals surface area contributed by atoms with Crippen molar-refractivity contribution in [1.82, 2.24) is 5.32 Å². The van der Waals surface area contributed by atoms with Crippen molar-refractivity contribution in [2.24, 2.45) is 0 Å².